The first-order chi connectivity index (χ1) is 12.3. The van der Waals surface area contributed by atoms with E-state index in [1.165, 1.54) is 18.3 Å². The van der Waals surface area contributed by atoms with Gasteiger partial charge in [-0.1, -0.05) is 0 Å². The Kier molecular flexibility index (Phi) is 4.78. The number of thiazole rings is 1. The molecule has 0 aliphatic heterocycles. The summed E-state index contributed by atoms with van der Waals surface area (Å²) in [5, 5.41) is 11.5. The Morgan fingerprint density at radius 3 is 2.77 bits per heavy atom. The number of carboxylic acid groups (broad SMARTS) is 1. The highest BCUT2D eigenvalue weighted by Crippen LogP contribution is 2.33. The summed E-state index contributed by atoms with van der Waals surface area (Å²) in [5.41, 5.74) is 1.86. The van der Waals surface area contributed by atoms with Crippen molar-refractivity contribution in [1.82, 2.24) is 4.98 Å². The summed E-state index contributed by atoms with van der Waals surface area (Å²) in [5.74, 6) is -1.25. The fourth-order valence-corrected chi connectivity index (χ4v) is 3.94. The van der Waals surface area contributed by atoms with E-state index in [0.29, 0.717) is 52.7 Å². The van der Waals surface area contributed by atoms with E-state index in [-0.39, 0.29) is 17.5 Å². The number of aryl methyl sites for hydroxylation is 1. The second kappa shape index (κ2) is 6.87. The van der Waals surface area contributed by atoms with Gasteiger partial charge in [-0.25, -0.2) is 9.78 Å². The number of carbonyl (C=O) groups excluding carboxylic acids is 2. The number of aromatic nitrogens is 1. The van der Waals surface area contributed by atoms with Crippen LogP contribution in [0.4, 0.5) is 5.13 Å². The number of ketones is 1. The van der Waals surface area contributed by atoms with Crippen LogP contribution in [0.2, 0.25) is 0 Å². The molecule has 1 aliphatic rings. The van der Waals surface area contributed by atoms with Crippen molar-refractivity contribution in [2.24, 2.45) is 0 Å². The molecular formula is C18H18N2O5S. The first-order valence-electron chi connectivity index (χ1n) is 8.17. The zero-order chi connectivity index (χ0) is 19.0. The van der Waals surface area contributed by atoms with Gasteiger partial charge in [0.2, 0.25) is 11.7 Å². The number of rotatable bonds is 4. The van der Waals surface area contributed by atoms with Gasteiger partial charge in [0.1, 0.15) is 5.76 Å². The van der Waals surface area contributed by atoms with E-state index in [0.717, 1.165) is 0 Å². The maximum Gasteiger partial charge on any atom is 0.372 e. The van der Waals surface area contributed by atoms with E-state index in [9.17, 15) is 14.4 Å². The number of aromatic carboxylic acids is 1. The molecule has 0 spiro atoms. The lowest BCUT2D eigenvalue weighted by Crippen LogP contribution is -2.27. The summed E-state index contributed by atoms with van der Waals surface area (Å²) in [4.78, 5) is 41.6. The molecule has 0 atom stereocenters. The second-order valence-corrected chi connectivity index (χ2v) is 6.81. The van der Waals surface area contributed by atoms with Crippen LogP contribution in [-0.2, 0) is 11.2 Å². The van der Waals surface area contributed by atoms with Crippen LogP contribution in [0.3, 0.4) is 0 Å². The highest BCUT2D eigenvalue weighted by Gasteiger charge is 2.31. The van der Waals surface area contributed by atoms with Gasteiger partial charge in [0, 0.05) is 36.4 Å². The van der Waals surface area contributed by atoms with Crippen LogP contribution < -0.4 is 4.90 Å². The summed E-state index contributed by atoms with van der Waals surface area (Å²) in [6, 6.07) is 0. The maximum absolute atomic E-state index is 12.8. The number of nitrogens with zero attached hydrogens (tertiary/aromatic N) is 2. The molecule has 0 unspecified atom stereocenters. The zero-order valence-electron chi connectivity index (χ0n) is 14.7. The van der Waals surface area contributed by atoms with E-state index in [1.54, 1.807) is 23.3 Å². The average molecular weight is 374 g/mol. The van der Waals surface area contributed by atoms with Crippen LogP contribution in [-0.4, -0.2) is 34.3 Å². The Balaban J connectivity index is 1.92. The Hall–Kier alpha value is -2.74. The Morgan fingerprint density at radius 1 is 1.42 bits per heavy atom. The van der Waals surface area contributed by atoms with E-state index in [1.807, 2.05) is 6.92 Å². The van der Waals surface area contributed by atoms with Crippen LogP contribution in [0, 0.1) is 6.92 Å². The van der Waals surface area contributed by atoms with Crippen molar-refractivity contribution >= 4 is 40.2 Å². The molecule has 1 N–H and O–H groups in total. The first-order valence-corrected chi connectivity index (χ1v) is 9.05. The molecule has 8 heteroatoms. The molecule has 2 aromatic heterocycles. The third kappa shape index (κ3) is 3.08. The van der Waals surface area contributed by atoms with Crippen LogP contribution in [0.25, 0.3) is 6.08 Å². The molecular weight excluding hydrogens is 356 g/mol. The smallest absolute Gasteiger partial charge is 0.372 e. The monoisotopic (exact) mass is 374 g/mol. The molecule has 0 bridgehead atoms. The molecule has 1 amide bonds. The Bertz CT molecular complexity index is 938. The van der Waals surface area contributed by atoms with E-state index >= 15 is 0 Å². The van der Waals surface area contributed by atoms with Crippen LogP contribution in [0.5, 0.6) is 0 Å². The van der Waals surface area contributed by atoms with Crippen LogP contribution in [0.1, 0.15) is 58.2 Å². The number of hydrogen-bond donors (Lipinski definition) is 1. The molecule has 136 valence electrons. The molecule has 0 saturated heterocycles. The number of furan rings is 1. The lowest BCUT2D eigenvalue weighted by atomic mass is 9.89. The SMILES string of the molecule is CCN(C(C)=O)c1nc(/C=C2/CCc3oc(C(=O)O)c(C)c3C2=O)cs1. The quantitative estimate of drug-likeness (QED) is 0.824. The number of carboxylic acids is 1. The standard InChI is InChI=1S/C18H18N2O5S/c1-4-20(10(3)21)18-19-12(8-26-18)7-11-5-6-13-14(15(11)22)9(2)16(25-13)17(23)24/h7-8H,4-6H2,1-3H3,(H,23,24)/b11-7-. The van der Waals surface area contributed by atoms with Gasteiger partial charge in [-0.15, -0.1) is 11.3 Å². The fraction of sp³-hybridized carbons (Fsp3) is 0.333. The van der Waals surface area contributed by atoms with Crippen molar-refractivity contribution < 1.29 is 23.9 Å². The predicted molar refractivity (Wildman–Crippen MR) is 96.8 cm³/mol. The van der Waals surface area contributed by atoms with E-state index in [4.69, 9.17) is 9.52 Å². The van der Waals surface area contributed by atoms with Crippen molar-refractivity contribution in [3.63, 3.8) is 0 Å². The topological polar surface area (TPSA) is 101 Å². The first kappa shape index (κ1) is 18.1. The molecule has 2 aromatic rings. The third-order valence-electron chi connectivity index (χ3n) is 4.31. The van der Waals surface area contributed by atoms with Gasteiger partial charge in [0.25, 0.3) is 0 Å². The molecule has 0 aromatic carbocycles. The summed E-state index contributed by atoms with van der Waals surface area (Å²) < 4.78 is 5.34. The van der Waals surface area contributed by atoms with Gasteiger partial charge in [-0.3, -0.25) is 14.5 Å². The molecule has 3 rings (SSSR count). The van der Waals surface area contributed by atoms with Crippen molar-refractivity contribution in [1.29, 1.82) is 0 Å². The number of amides is 1. The van der Waals surface area contributed by atoms with E-state index < -0.39 is 5.97 Å². The van der Waals surface area contributed by atoms with E-state index in [2.05, 4.69) is 4.98 Å². The zero-order valence-corrected chi connectivity index (χ0v) is 15.5. The number of anilines is 1. The van der Waals surface area contributed by atoms with Crippen molar-refractivity contribution in [3.05, 3.63) is 39.3 Å². The summed E-state index contributed by atoms with van der Waals surface area (Å²) >= 11 is 1.34. The average Bonchev–Trinajstić information content (AvgIpc) is 3.16. The molecule has 0 radical (unpaired) electrons. The van der Waals surface area contributed by atoms with Crippen LogP contribution in [0.15, 0.2) is 15.4 Å². The molecule has 1 aliphatic carbocycles. The Labute approximate surface area is 154 Å². The number of fused-ring (bicyclic) bond motifs is 1. The van der Waals surface area contributed by atoms with Gasteiger partial charge in [-0.2, -0.15) is 0 Å². The molecule has 0 fully saturated rings. The highest BCUT2D eigenvalue weighted by atomic mass is 32.1. The number of allylic oxidation sites excluding steroid dienone is 1. The minimum absolute atomic E-state index is 0.0883. The van der Waals surface area contributed by atoms with Gasteiger partial charge < -0.3 is 9.52 Å². The largest absolute Gasteiger partial charge is 0.475 e. The van der Waals surface area contributed by atoms with Gasteiger partial charge in [-0.05, 0) is 26.3 Å². The molecule has 26 heavy (non-hydrogen) atoms. The van der Waals surface area contributed by atoms with Crippen molar-refractivity contribution in [3.8, 4) is 0 Å². The minimum Gasteiger partial charge on any atom is -0.475 e. The normalized spacial score (nSPS) is 15.2. The number of Topliss-reactive ketones (excluding diaryl/α,β-unsaturated/α-hetero) is 1. The predicted octanol–water partition coefficient (Wildman–Crippen LogP) is 3.33. The van der Waals surface area contributed by atoms with Crippen molar-refractivity contribution in [2.45, 2.75) is 33.6 Å². The highest BCUT2D eigenvalue weighted by molar-refractivity contribution is 7.14. The summed E-state index contributed by atoms with van der Waals surface area (Å²) in [7, 11) is 0. The van der Waals surface area contributed by atoms with Crippen LogP contribution >= 0.6 is 11.3 Å². The summed E-state index contributed by atoms with van der Waals surface area (Å²) in [6.07, 6.45) is 2.62. The maximum atomic E-state index is 12.8. The third-order valence-corrected chi connectivity index (χ3v) is 5.20. The minimum atomic E-state index is -1.18. The number of hydrogen-bond acceptors (Lipinski definition) is 6. The summed E-state index contributed by atoms with van der Waals surface area (Å²) in [6.45, 7) is 5.46. The fourth-order valence-electron chi connectivity index (χ4n) is 3.05. The molecule has 7 nitrogen and oxygen atoms in total. The molecule has 2 heterocycles. The van der Waals surface area contributed by atoms with Gasteiger partial charge >= 0.3 is 5.97 Å². The van der Waals surface area contributed by atoms with Gasteiger partial charge in [0.05, 0.1) is 11.3 Å². The van der Waals surface area contributed by atoms with Crippen molar-refractivity contribution in [2.75, 3.05) is 11.4 Å². The second-order valence-electron chi connectivity index (χ2n) is 5.98. The van der Waals surface area contributed by atoms with Gasteiger partial charge in [0.15, 0.2) is 10.9 Å². The lowest BCUT2D eigenvalue weighted by Gasteiger charge is -2.14. The Morgan fingerprint density at radius 2 is 2.15 bits per heavy atom. The number of carbonyl (C=O) groups is 3. The lowest BCUT2D eigenvalue weighted by molar-refractivity contribution is -0.116. The molecule has 0 saturated carbocycles.